The maximum Gasteiger partial charge on any atom is 0.255 e. The monoisotopic (exact) mass is 557 g/mol. The maximum atomic E-state index is 15.6. The second-order valence-corrected chi connectivity index (χ2v) is 11.6. The van der Waals surface area contributed by atoms with E-state index in [1.807, 2.05) is 29.9 Å². The van der Waals surface area contributed by atoms with Crippen LogP contribution in [-0.2, 0) is 26.1 Å². The number of carbonyl (C=O) groups is 1. The fourth-order valence-corrected chi connectivity index (χ4v) is 6.70. The van der Waals surface area contributed by atoms with Gasteiger partial charge in [-0.25, -0.2) is 14.4 Å². The molecule has 40 heavy (non-hydrogen) atoms. The number of fused-ring (bicyclic) bond motifs is 2. The molecule has 0 saturated carbocycles. The molecule has 0 aliphatic carbocycles. The molecule has 0 radical (unpaired) electrons. The summed E-state index contributed by atoms with van der Waals surface area (Å²) < 4.78 is 17.7. The Bertz CT molecular complexity index is 1510. The fourth-order valence-electron chi connectivity index (χ4n) is 6.17. The zero-order valence-corrected chi connectivity index (χ0v) is 23.1. The molecule has 0 bridgehead atoms. The van der Waals surface area contributed by atoms with E-state index in [1.54, 1.807) is 17.2 Å². The molecule has 1 saturated heterocycles. The van der Waals surface area contributed by atoms with Crippen LogP contribution in [-0.4, -0.2) is 63.0 Å². The number of carbonyl (C=O) groups excluding carboxylic acids is 1. The van der Waals surface area contributed by atoms with Crippen LogP contribution < -0.4 is 10.6 Å². The molecule has 1 atom stereocenters. The number of amides is 1. The van der Waals surface area contributed by atoms with Gasteiger partial charge in [0.05, 0.1) is 24.6 Å². The number of piperazine rings is 1. The number of imidazole rings is 1. The van der Waals surface area contributed by atoms with Gasteiger partial charge in [0.15, 0.2) is 5.13 Å². The molecule has 206 valence electrons. The summed E-state index contributed by atoms with van der Waals surface area (Å²) in [5, 5.41) is 9.47. The first-order valence-electron chi connectivity index (χ1n) is 14.0. The van der Waals surface area contributed by atoms with Crippen LogP contribution in [0, 0.1) is 5.82 Å². The second-order valence-electron chi connectivity index (χ2n) is 10.7. The quantitative estimate of drug-likeness (QED) is 0.336. The van der Waals surface area contributed by atoms with Crippen LogP contribution in [0.2, 0.25) is 0 Å². The number of halogens is 1. The summed E-state index contributed by atoms with van der Waals surface area (Å²) >= 11 is 1.51. The lowest BCUT2D eigenvalue weighted by molar-refractivity contribution is 0.0706. The van der Waals surface area contributed by atoms with Crippen molar-refractivity contribution in [1.82, 2.24) is 29.7 Å². The average molecular weight is 558 g/mol. The van der Waals surface area contributed by atoms with Crippen LogP contribution in [0.1, 0.15) is 45.3 Å². The number of hydrogen-bond acceptors (Lipinski definition) is 7. The third-order valence-electron chi connectivity index (χ3n) is 8.28. The van der Waals surface area contributed by atoms with Gasteiger partial charge >= 0.3 is 0 Å². The van der Waals surface area contributed by atoms with Gasteiger partial charge in [0.2, 0.25) is 0 Å². The Labute approximate surface area is 236 Å². The van der Waals surface area contributed by atoms with Crippen LogP contribution in [0.25, 0.3) is 11.1 Å². The van der Waals surface area contributed by atoms with E-state index >= 15 is 4.39 Å². The Morgan fingerprint density at radius 3 is 2.73 bits per heavy atom. The van der Waals surface area contributed by atoms with Gasteiger partial charge in [-0.05, 0) is 41.7 Å². The highest BCUT2D eigenvalue weighted by atomic mass is 32.1. The van der Waals surface area contributed by atoms with Crippen molar-refractivity contribution in [2.45, 2.75) is 38.5 Å². The smallest absolute Gasteiger partial charge is 0.255 e. The van der Waals surface area contributed by atoms with E-state index in [1.165, 1.54) is 16.9 Å². The molecule has 2 N–H and O–H groups in total. The van der Waals surface area contributed by atoms with Crippen molar-refractivity contribution in [1.29, 1.82) is 0 Å². The number of aryl methyl sites for hydroxylation is 1. The van der Waals surface area contributed by atoms with E-state index in [0.29, 0.717) is 17.7 Å². The summed E-state index contributed by atoms with van der Waals surface area (Å²) in [5.41, 5.74) is 5.82. The highest BCUT2D eigenvalue weighted by Crippen LogP contribution is 2.37. The number of benzene rings is 2. The van der Waals surface area contributed by atoms with E-state index < -0.39 is 0 Å². The zero-order valence-electron chi connectivity index (χ0n) is 22.3. The summed E-state index contributed by atoms with van der Waals surface area (Å²) in [6.45, 7) is 6.64. The average Bonchev–Trinajstić information content (AvgIpc) is 3.77. The van der Waals surface area contributed by atoms with Crippen molar-refractivity contribution in [3.8, 4) is 11.1 Å². The first kappa shape index (κ1) is 25.4. The van der Waals surface area contributed by atoms with Crippen LogP contribution in [0.5, 0.6) is 0 Å². The number of hydrogen-bond donors (Lipinski definition) is 2. The van der Waals surface area contributed by atoms with E-state index in [0.717, 1.165) is 79.8 Å². The molecule has 2 aromatic heterocycles. The van der Waals surface area contributed by atoms with Gasteiger partial charge in [-0.1, -0.05) is 24.3 Å². The van der Waals surface area contributed by atoms with Gasteiger partial charge in [0.25, 0.3) is 5.91 Å². The highest BCUT2D eigenvalue weighted by molar-refractivity contribution is 7.13. The van der Waals surface area contributed by atoms with Crippen molar-refractivity contribution in [3.05, 3.63) is 88.2 Å². The van der Waals surface area contributed by atoms with E-state index in [2.05, 4.69) is 37.2 Å². The molecule has 3 aliphatic heterocycles. The number of nitrogens with zero attached hydrogens (tertiary/aromatic N) is 5. The minimum Gasteiger partial charge on any atom is -0.359 e. The van der Waals surface area contributed by atoms with E-state index in [-0.39, 0.29) is 24.3 Å². The Morgan fingerprint density at radius 2 is 1.93 bits per heavy atom. The number of anilines is 1. The van der Waals surface area contributed by atoms with Gasteiger partial charge in [0, 0.05) is 74.2 Å². The lowest BCUT2D eigenvalue weighted by Gasteiger charge is -2.27. The summed E-state index contributed by atoms with van der Waals surface area (Å²) in [6, 6.07) is 11.4. The topological polar surface area (TPSA) is 78.3 Å². The SMILES string of the molecule is O=C1c2cc(-c3ccc(CN4CCNCC4)cc3)cc(F)c2CN1C(CNc1nccs1)c1ncn2c1CCC2. The van der Waals surface area contributed by atoms with Gasteiger partial charge < -0.3 is 20.1 Å². The number of aromatic nitrogens is 3. The Balaban J connectivity index is 1.15. The molecule has 2 aromatic carbocycles. The molecule has 1 unspecified atom stereocenters. The molecule has 0 spiro atoms. The van der Waals surface area contributed by atoms with Gasteiger partial charge in [-0.2, -0.15) is 0 Å². The number of nitrogens with one attached hydrogen (secondary N) is 2. The minimum atomic E-state index is -0.338. The van der Waals surface area contributed by atoms with Crippen LogP contribution in [0.4, 0.5) is 9.52 Å². The Hall–Kier alpha value is -3.60. The molecule has 3 aliphatic rings. The van der Waals surface area contributed by atoms with E-state index in [4.69, 9.17) is 4.98 Å². The second kappa shape index (κ2) is 10.8. The highest BCUT2D eigenvalue weighted by Gasteiger charge is 2.38. The Kier molecular flexibility index (Phi) is 6.82. The molecule has 7 rings (SSSR count). The number of rotatable bonds is 8. The summed E-state index contributed by atoms with van der Waals surface area (Å²) in [7, 11) is 0. The number of thiazole rings is 1. The molecule has 1 amide bonds. The molecule has 1 fully saturated rings. The predicted molar refractivity (Wildman–Crippen MR) is 154 cm³/mol. The summed E-state index contributed by atoms with van der Waals surface area (Å²) in [4.78, 5) is 27.2. The van der Waals surface area contributed by atoms with Crippen molar-refractivity contribution in [2.75, 3.05) is 38.0 Å². The third-order valence-corrected chi connectivity index (χ3v) is 9.01. The fraction of sp³-hybridized carbons (Fsp3) is 0.367. The summed E-state index contributed by atoms with van der Waals surface area (Å²) in [6.07, 6.45) is 5.62. The van der Waals surface area contributed by atoms with Crippen molar-refractivity contribution in [3.63, 3.8) is 0 Å². The first-order valence-corrected chi connectivity index (χ1v) is 14.8. The third kappa shape index (κ3) is 4.80. The molecule has 8 nitrogen and oxygen atoms in total. The van der Waals surface area contributed by atoms with Crippen LogP contribution in [0.3, 0.4) is 0 Å². The molecular weight excluding hydrogens is 525 g/mol. The van der Waals surface area contributed by atoms with Gasteiger partial charge in [-0.15, -0.1) is 11.3 Å². The molecule has 4 aromatic rings. The standard InChI is InChI=1S/C30H32FN7OS/c31-25-15-22(21-5-3-20(4-6-21)17-36-11-7-32-8-12-36)14-23-24(25)18-38(29(23)39)27(16-34-30-33-9-13-40-30)28-26-2-1-10-37(26)19-35-28/h3-6,9,13-15,19,27,32H,1-2,7-8,10-12,16-18H2,(H,33,34). The zero-order chi connectivity index (χ0) is 27.1. The van der Waals surface area contributed by atoms with Gasteiger partial charge in [0.1, 0.15) is 5.82 Å². The molecular formula is C30H32FN7OS. The minimum absolute atomic E-state index is 0.156. The lowest BCUT2D eigenvalue weighted by atomic mass is 9.99. The molecule has 5 heterocycles. The van der Waals surface area contributed by atoms with Crippen molar-refractivity contribution in [2.24, 2.45) is 0 Å². The molecule has 10 heteroatoms. The van der Waals surface area contributed by atoms with Crippen molar-refractivity contribution >= 4 is 22.4 Å². The normalized spacial score (nSPS) is 17.7. The predicted octanol–water partition coefficient (Wildman–Crippen LogP) is 4.31. The van der Waals surface area contributed by atoms with Crippen LogP contribution in [0.15, 0.2) is 54.3 Å². The summed E-state index contributed by atoms with van der Waals surface area (Å²) in [5.74, 6) is -0.494. The largest absolute Gasteiger partial charge is 0.359 e. The van der Waals surface area contributed by atoms with E-state index in [9.17, 15) is 4.79 Å². The van der Waals surface area contributed by atoms with Gasteiger partial charge in [-0.3, -0.25) is 9.69 Å². The maximum absolute atomic E-state index is 15.6. The van der Waals surface area contributed by atoms with Crippen LogP contribution >= 0.6 is 11.3 Å². The van der Waals surface area contributed by atoms with Crippen molar-refractivity contribution < 1.29 is 9.18 Å². The lowest BCUT2D eigenvalue weighted by Crippen LogP contribution is -2.42. The Morgan fingerprint density at radius 1 is 1.07 bits per heavy atom. The first-order chi connectivity index (χ1) is 19.6.